The van der Waals surface area contributed by atoms with Crippen molar-refractivity contribution in [3.63, 3.8) is 0 Å². The van der Waals surface area contributed by atoms with E-state index in [-0.39, 0.29) is 29.1 Å². The molecule has 0 aromatic heterocycles. The number of allylic oxidation sites excluding steroid dienone is 1. The number of ketones is 1. The maximum Gasteiger partial charge on any atom is 0.508 e. The molecule has 0 aliphatic heterocycles. The van der Waals surface area contributed by atoms with E-state index in [0.29, 0.717) is 31.3 Å². The molecule has 0 radical (unpaired) electrons. The van der Waals surface area contributed by atoms with Crippen LogP contribution in [0.5, 0.6) is 0 Å². The first-order valence-corrected chi connectivity index (χ1v) is 15.1. The molecule has 0 bridgehead atoms. The molecule has 3 fully saturated rings. The molecule has 4 nitrogen and oxygen atoms in total. The molecule has 0 unspecified atom stereocenters. The lowest BCUT2D eigenvalue weighted by atomic mass is 9.51. The molecule has 7 atom stereocenters. The number of carbonyl (C=O) groups is 2. The van der Waals surface area contributed by atoms with Gasteiger partial charge in [-0.1, -0.05) is 77.2 Å². The molecule has 204 valence electrons. The molecule has 4 aliphatic carbocycles. The number of alkyl halides is 1. The first kappa shape index (κ1) is 27.6. The Balaban J connectivity index is 1.18. The Hall–Kier alpha value is -1.39. The van der Waals surface area contributed by atoms with Crippen molar-refractivity contribution in [1.82, 2.24) is 0 Å². The third-order valence-electron chi connectivity index (χ3n) is 10.1. The maximum absolute atomic E-state index is 15.8. The van der Waals surface area contributed by atoms with Gasteiger partial charge in [0.2, 0.25) is 0 Å². The normalized spacial score (nSPS) is 35.4. The van der Waals surface area contributed by atoms with Gasteiger partial charge in [0.1, 0.15) is 12.3 Å². The average Bonchev–Trinajstić information content (AvgIpc) is 3.17. The highest BCUT2D eigenvalue weighted by atomic mass is 19.1. The van der Waals surface area contributed by atoms with Crippen LogP contribution in [0.2, 0.25) is 0 Å². The van der Waals surface area contributed by atoms with Crippen LogP contribution in [0.15, 0.2) is 11.6 Å². The van der Waals surface area contributed by atoms with Crippen LogP contribution in [0.25, 0.3) is 0 Å². The predicted octanol–water partition coefficient (Wildman–Crippen LogP) is 8.52. The molecule has 0 amide bonds. The molecule has 0 spiro atoms. The van der Waals surface area contributed by atoms with Crippen molar-refractivity contribution in [2.24, 2.45) is 29.1 Å². The Morgan fingerprint density at radius 2 is 1.67 bits per heavy atom. The third-order valence-corrected chi connectivity index (χ3v) is 10.1. The van der Waals surface area contributed by atoms with Gasteiger partial charge >= 0.3 is 6.16 Å². The van der Waals surface area contributed by atoms with E-state index >= 15 is 4.39 Å². The molecule has 5 heteroatoms. The van der Waals surface area contributed by atoms with Crippen LogP contribution < -0.4 is 0 Å². The van der Waals surface area contributed by atoms with Crippen LogP contribution in [-0.4, -0.2) is 30.8 Å². The van der Waals surface area contributed by atoms with Gasteiger partial charge in [0.05, 0.1) is 6.61 Å². The van der Waals surface area contributed by atoms with Crippen molar-refractivity contribution in [3.05, 3.63) is 11.6 Å². The number of hydrogen-bond acceptors (Lipinski definition) is 4. The Kier molecular flexibility index (Phi) is 9.91. The lowest BCUT2D eigenvalue weighted by molar-refractivity contribution is -0.118. The molecule has 0 heterocycles. The molecular weight excluding hydrogens is 455 g/mol. The largest absolute Gasteiger partial charge is 0.508 e. The van der Waals surface area contributed by atoms with Crippen molar-refractivity contribution >= 4 is 11.9 Å². The minimum Gasteiger partial charge on any atom is -0.434 e. The summed E-state index contributed by atoms with van der Waals surface area (Å²) in [6, 6.07) is 0. The standard InChI is InChI=1S/C31H49FO4/c1-3-4-5-6-7-8-9-10-11-12-19-35-30(34)36-28-18-17-26-25-15-13-22-20-23(33)14-16-24(22)29(25)27(32)21-31(26,28)2/h20,24-29H,3-19,21H2,1-2H3/t24-,25-,26-,27-,28-,29+,31-/m0/s1. The Morgan fingerprint density at radius 3 is 2.39 bits per heavy atom. The lowest BCUT2D eigenvalue weighted by Crippen LogP contribution is -2.53. The van der Waals surface area contributed by atoms with Crippen LogP contribution in [0.4, 0.5) is 9.18 Å². The Morgan fingerprint density at radius 1 is 0.972 bits per heavy atom. The third kappa shape index (κ3) is 6.35. The summed E-state index contributed by atoms with van der Waals surface area (Å²) < 4.78 is 27.0. The lowest BCUT2D eigenvalue weighted by Gasteiger charge is -2.54. The fourth-order valence-electron chi connectivity index (χ4n) is 8.24. The zero-order valence-electron chi connectivity index (χ0n) is 22.8. The first-order valence-electron chi connectivity index (χ1n) is 15.1. The molecule has 0 aromatic rings. The van der Waals surface area contributed by atoms with Crippen LogP contribution in [-0.2, 0) is 14.3 Å². The number of hydrogen-bond donors (Lipinski definition) is 0. The zero-order valence-corrected chi connectivity index (χ0v) is 22.8. The van der Waals surface area contributed by atoms with E-state index in [1.54, 1.807) is 0 Å². The summed E-state index contributed by atoms with van der Waals surface area (Å²) in [5.74, 6) is 1.17. The highest BCUT2D eigenvalue weighted by Crippen LogP contribution is 2.63. The molecule has 0 aromatic carbocycles. The van der Waals surface area contributed by atoms with Crippen LogP contribution in [0.3, 0.4) is 0 Å². The molecule has 4 rings (SSSR count). The first-order chi connectivity index (χ1) is 17.4. The summed E-state index contributed by atoms with van der Waals surface area (Å²) in [6.07, 6.45) is 18.0. The van der Waals surface area contributed by atoms with Crippen molar-refractivity contribution in [1.29, 1.82) is 0 Å². The number of ether oxygens (including phenoxy) is 2. The highest BCUT2D eigenvalue weighted by molar-refractivity contribution is 5.91. The van der Waals surface area contributed by atoms with Crippen molar-refractivity contribution in [2.45, 2.75) is 135 Å². The monoisotopic (exact) mass is 504 g/mol. The van der Waals surface area contributed by atoms with Crippen molar-refractivity contribution in [2.75, 3.05) is 6.61 Å². The minimum absolute atomic E-state index is 0.0261. The van der Waals surface area contributed by atoms with Gasteiger partial charge in [0.15, 0.2) is 5.78 Å². The van der Waals surface area contributed by atoms with E-state index in [9.17, 15) is 9.59 Å². The topological polar surface area (TPSA) is 52.6 Å². The Labute approximate surface area is 218 Å². The summed E-state index contributed by atoms with van der Waals surface area (Å²) in [7, 11) is 0. The van der Waals surface area contributed by atoms with Gasteiger partial charge in [-0.05, 0) is 74.7 Å². The van der Waals surface area contributed by atoms with E-state index in [4.69, 9.17) is 9.47 Å². The fourth-order valence-corrected chi connectivity index (χ4v) is 8.24. The second-order valence-corrected chi connectivity index (χ2v) is 12.4. The van der Waals surface area contributed by atoms with Gasteiger partial charge < -0.3 is 9.47 Å². The van der Waals surface area contributed by atoms with Crippen molar-refractivity contribution < 1.29 is 23.5 Å². The highest BCUT2D eigenvalue weighted by Gasteiger charge is 2.61. The van der Waals surface area contributed by atoms with Crippen LogP contribution in [0.1, 0.15) is 123 Å². The fraction of sp³-hybridized carbons (Fsp3) is 0.871. The second kappa shape index (κ2) is 12.9. The quantitative estimate of drug-likeness (QED) is 0.197. The Bertz CT molecular complexity index is 779. The van der Waals surface area contributed by atoms with E-state index < -0.39 is 12.3 Å². The van der Waals surface area contributed by atoms with E-state index in [0.717, 1.165) is 44.9 Å². The molecule has 3 saturated carbocycles. The van der Waals surface area contributed by atoms with Crippen LogP contribution in [0, 0.1) is 29.1 Å². The van der Waals surface area contributed by atoms with Gasteiger partial charge in [-0.2, -0.15) is 0 Å². The van der Waals surface area contributed by atoms with Gasteiger partial charge in [0, 0.05) is 11.8 Å². The van der Waals surface area contributed by atoms with E-state index in [1.165, 1.54) is 56.9 Å². The molecule has 0 N–H and O–H groups in total. The van der Waals surface area contributed by atoms with Gasteiger partial charge in [-0.15, -0.1) is 0 Å². The predicted molar refractivity (Wildman–Crippen MR) is 140 cm³/mol. The number of unbranched alkanes of at least 4 members (excludes halogenated alkanes) is 9. The van der Waals surface area contributed by atoms with Crippen LogP contribution >= 0.6 is 0 Å². The molecular formula is C31H49FO4. The number of carbonyl (C=O) groups excluding carboxylic acids is 2. The minimum atomic E-state index is -0.898. The van der Waals surface area contributed by atoms with E-state index in [2.05, 4.69) is 13.8 Å². The SMILES string of the molecule is CCCCCCCCCCCCOC(=O)O[C@H]1CC[C@H]2[C@@H]3CCC4=CC(=O)CC[C@@H]4[C@H]3[C@@H](F)C[C@]12C. The van der Waals surface area contributed by atoms with Gasteiger partial charge in [-0.3, -0.25) is 4.79 Å². The summed E-state index contributed by atoms with van der Waals surface area (Å²) in [4.78, 5) is 24.4. The second-order valence-electron chi connectivity index (χ2n) is 12.4. The molecule has 36 heavy (non-hydrogen) atoms. The summed E-state index contributed by atoms with van der Waals surface area (Å²) in [5, 5.41) is 0. The molecule has 0 saturated heterocycles. The summed E-state index contributed by atoms with van der Waals surface area (Å²) >= 11 is 0. The number of halogens is 1. The zero-order chi connectivity index (χ0) is 25.5. The van der Waals surface area contributed by atoms with Crippen molar-refractivity contribution in [3.8, 4) is 0 Å². The number of rotatable bonds is 12. The maximum atomic E-state index is 15.8. The van der Waals surface area contributed by atoms with Gasteiger partial charge in [-0.25, -0.2) is 9.18 Å². The smallest absolute Gasteiger partial charge is 0.434 e. The number of fused-ring (bicyclic) bond motifs is 5. The van der Waals surface area contributed by atoms with Gasteiger partial charge in [0.25, 0.3) is 0 Å². The average molecular weight is 505 g/mol. The summed E-state index contributed by atoms with van der Waals surface area (Å²) in [6.45, 7) is 4.80. The summed E-state index contributed by atoms with van der Waals surface area (Å²) in [5.41, 5.74) is 0.878. The molecule has 4 aliphatic rings. The van der Waals surface area contributed by atoms with E-state index in [1.807, 2.05) is 6.08 Å².